The normalized spacial score (nSPS) is 29.3. The Morgan fingerprint density at radius 2 is 1.64 bits per heavy atom. The second kappa shape index (κ2) is 13.9. The zero-order chi connectivity index (χ0) is 35.0. The van der Waals surface area contributed by atoms with Crippen molar-refractivity contribution in [2.75, 3.05) is 18.0 Å². The second-order valence-electron chi connectivity index (χ2n) is 15.6. The molecular weight excluding hydrogens is 634 g/mol. The van der Waals surface area contributed by atoms with Crippen LogP contribution in [0.4, 0.5) is 10.5 Å². The Morgan fingerprint density at radius 1 is 0.920 bits per heavy atom. The number of rotatable bonds is 9. The number of nitrogens with one attached hydrogen (secondary N) is 1. The fourth-order valence-electron chi connectivity index (χ4n) is 8.79. The molecule has 3 aromatic carbocycles. The summed E-state index contributed by atoms with van der Waals surface area (Å²) in [6.07, 6.45) is 2.49. The first-order valence-corrected chi connectivity index (χ1v) is 17.7. The average Bonchev–Trinajstić information content (AvgIpc) is 3.51. The number of likely N-dealkylation sites (tertiary alicyclic amines) is 1. The van der Waals surface area contributed by atoms with Crippen LogP contribution in [-0.4, -0.2) is 59.2 Å². The van der Waals surface area contributed by atoms with Crippen molar-refractivity contribution >= 4 is 23.6 Å². The quantitative estimate of drug-likeness (QED) is 0.257. The van der Waals surface area contributed by atoms with Gasteiger partial charge in [-0.3, -0.25) is 14.5 Å². The summed E-state index contributed by atoms with van der Waals surface area (Å²) >= 11 is 0. The minimum absolute atomic E-state index is 0.0187. The molecule has 0 aromatic heterocycles. The van der Waals surface area contributed by atoms with Crippen molar-refractivity contribution in [1.82, 2.24) is 10.2 Å². The van der Waals surface area contributed by atoms with Crippen LogP contribution in [0.3, 0.4) is 0 Å². The second-order valence-corrected chi connectivity index (χ2v) is 15.6. The van der Waals surface area contributed by atoms with Gasteiger partial charge in [-0.1, -0.05) is 87.5 Å². The maximum atomic E-state index is 13.3. The minimum atomic E-state index is -1.01. The van der Waals surface area contributed by atoms with Gasteiger partial charge in [0.2, 0.25) is 5.91 Å². The summed E-state index contributed by atoms with van der Waals surface area (Å²) in [5, 5.41) is 12.1. The van der Waals surface area contributed by atoms with Crippen LogP contribution in [0.1, 0.15) is 87.5 Å². The predicted molar refractivity (Wildman–Crippen MR) is 187 cm³/mol. The SMILES string of the molecule is CC1(C)CC2CC(C)(CN2C[C@@H]2C[C@H](c3ccc(CO)cc3)O[C@H](c3ccc(N4C(=O)CC(NC(=O)OCc5ccccc5)C4=O)cc3)O2)C1. The van der Waals surface area contributed by atoms with E-state index in [0.29, 0.717) is 29.0 Å². The van der Waals surface area contributed by atoms with E-state index < -0.39 is 30.2 Å². The minimum Gasteiger partial charge on any atom is -0.445 e. The van der Waals surface area contributed by atoms with Crippen LogP contribution in [0, 0.1) is 10.8 Å². The molecule has 4 aliphatic rings. The van der Waals surface area contributed by atoms with E-state index in [1.807, 2.05) is 66.7 Å². The summed E-state index contributed by atoms with van der Waals surface area (Å²) in [6, 6.07) is 23.7. The molecule has 6 atom stereocenters. The first kappa shape index (κ1) is 34.4. The Bertz CT molecular complexity index is 1700. The number of imide groups is 1. The van der Waals surface area contributed by atoms with Crippen LogP contribution in [0.25, 0.3) is 0 Å². The van der Waals surface area contributed by atoms with Gasteiger partial charge in [0.25, 0.3) is 5.91 Å². The number of ether oxygens (including phenoxy) is 3. The third kappa shape index (κ3) is 7.49. The molecule has 3 saturated heterocycles. The molecule has 3 unspecified atom stereocenters. The molecule has 10 heteroatoms. The molecule has 10 nitrogen and oxygen atoms in total. The number of benzene rings is 3. The Labute approximate surface area is 293 Å². The fraction of sp³-hybridized carbons (Fsp3) is 0.475. The summed E-state index contributed by atoms with van der Waals surface area (Å²) < 4.78 is 18.5. The van der Waals surface area contributed by atoms with Crippen LogP contribution in [0.15, 0.2) is 78.9 Å². The Hall–Kier alpha value is -4.09. The topological polar surface area (TPSA) is 118 Å². The van der Waals surface area contributed by atoms with Gasteiger partial charge in [0.05, 0.1) is 30.9 Å². The van der Waals surface area contributed by atoms with Gasteiger partial charge in [-0.05, 0) is 58.9 Å². The highest BCUT2D eigenvalue weighted by Crippen LogP contribution is 2.53. The molecular formula is C40H47N3O7. The fourth-order valence-corrected chi connectivity index (χ4v) is 8.79. The highest BCUT2D eigenvalue weighted by atomic mass is 16.7. The highest BCUT2D eigenvalue weighted by molar-refractivity contribution is 6.22. The first-order valence-electron chi connectivity index (χ1n) is 17.7. The van der Waals surface area contributed by atoms with E-state index in [9.17, 15) is 19.5 Å². The van der Waals surface area contributed by atoms with Gasteiger partial charge in [-0.15, -0.1) is 0 Å². The van der Waals surface area contributed by atoms with Crippen molar-refractivity contribution in [3.63, 3.8) is 0 Å². The lowest BCUT2D eigenvalue weighted by molar-refractivity contribution is -0.253. The summed E-state index contributed by atoms with van der Waals surface area (Å²) in [7, 11) is 0. The van der Waals surface area contributed by atoms with E-state index in [1.165, 1.54) is 19.3 Å². The maximum absolute atomic E-state index is 13.3. The number of hydrogen-bond donors (Lipinski definition) is 2. The Morgan fingerprint density at radius 3 is 2.36 bits per heavy atom. The molecule has 3 amide bonds. The largest absolute Gasteiger partial charge is 0.445 e. The number of aliphatic hydroxyl groups is 1. The molecule has 2 N–H and O–H groups in total. The zero-order valence-corrected chi connectivity index (χ0v) is 29.0. The third-order valence-electron chi connectivity index (χ3n) is 10.7. The molecule has 1 saturated carbocycles. The molecule has 0 radical (unpaired) electrons. The molecule has 7 rings (SSSR count). The van der Waals surface area contributed by atoms with Crippen molar-refractivity contribution in [2.24, 2.45) is 10.8 Å². The Balaban J connectivity index is 1.04. The summed E-state index contributed by atoms with van der Waals surface area (Å²) in [4.78, 5) is 42.4. The third-order valence-corrected chi connectivity index (χ3v) is 10.7. The number of carbonyl (C=O) groups is 3. The summed E-state index contributed by atoms with van der Waals surface area (Å²) in [6.45, 7) is 9.12. The van der Waals surface area contributed by atoms with E-state index in [2.05, 4.69) is 31.0 Å². The average molecular weight is 682 g/mol. The lowest BCUT2D eigenvalue weighted by Crippen LogP contribution is -2.42. The van der Waals surface area contributed by atoms with Crippen molar-refractivity contribution in [3.05, 3.63) is 101 Å². The highest BCUT2D eigenvalue weighted by Gasteiger charge is 2.50. The van der Waals surface area contributed by atoms with E-state index in [4.69, 9.17) is 14.2 Å². The van der Waals surface area contributed by atoms with Gasteiger partial charge in [0.15, 0.2) is 6.29 Å². The van der Waals surface area contributed by atoms with Gasteiger partial charge >= 0.3 is 6.09 Å². The summed E-state index contributed by atoms with van der Waals surface area (Å²) in [5.74, 6) is -0.913. The van der Waals surface area contributed by atoms with Gasteiger partial charge in [0.1, 0.15) is 12.6 Å². The first-order chi connectivity index (χ1) is 24.0. The molecule has 3 aromatic rings. The number of hydrogen-bond acceptors (Lipinski definition) is 8. The number of fused-ring (bicyclic) bond motifs is 2. The number of amides is 3. The standard InChI is InChI=1S/C40H47N3O7/c1-39(2)19-31-20-40(3,24-39)25-42(31)21-32-17-34(28-11-9-26(22-44)10-12-28)50-37(49-32)29-13-15-30(16-14-29)43-35(45)18-33(36(43)46)41-38(47)48-23-27-7-5-4-6-8-27/h4-16,31-34,37,44H,17-25H2,1-3H3,(H,41,47)/t31?,32-,33?,34+,37+,40?/m0/s1. The molecule has 3 aliphatic heterocycles. The molecule has 50 heavy (non-hydrogen) atoms. The van der Waals surface area contributed by atoms with Gasteiger partial charge in [-0.2, -0.15) is 0 Å². The van der Waals surface area contributed by atoms with Crippen LogP contribution in [0.5, 0.6) is 0 Å². The molecule has 2 bridgehead atoms. The molecule has 264 valence electrons. The predicted octanol–water partition coefficient (Wildman–Crippen LogP) is 6.18. The number of carbonyl (C=O) groups excluding carboxylic acids is 3. The van der Waals surface area contributed by atoms with Crippen LogP contribution in [0.2, 0.25) is 0 Å². The maximum Gasteiger partial charge on any atom is 0.408 e. The lowest BCUT2D eigenvalue weighted by Gasteiger charge is -2.41. The van der Waals surface area contributed by atoms with Crippen molar-refractivity contribution in [3.8, 4) is 0 Å². The van der Waals surface area contributed by atoms with E-state index in [1.54, 1.807) is 12.1 Å². The Kier molecular flexibility index (Phi) is 9.56. The van der Waals surface area contributed by atoms with Crippen molar-refractivity contribution < 1.29 is 33.7 Å². The van der Waals surface area contributed by atoms with Gasteiger partial charge in [0, 0.05) is 31.1 Å². The molecule has 1 aliphatic carbocycles. The van der Waals surface area contributed by atoms with Crippen molar-refractivity contribution in [1.29, 1.82) is 0 Å². The number of anilines is 1. The monoisotopic (exact) mass is 681 g/mol. The zero-order valence-electron chi connectivity index (χ0n) is 29.0. The van der Waals surface area contributed by atoms with Gasteiger partial charge in [-0.25, -0.2) is 9.69 Å². The molecule has 0 spiro atoms. The number of nitrogens with zero attached hydrogens (tertiary/aromatic N) is 2. The summed E-state index contributed by atoms with van der Waals surface area (Å²) in [5.41, 5.74) is 4.52. The molecule has 3 heterocycles. The van der Waals surface area contributed by atoms with E-state index in [-0.39, 0.29) is 31.8 Å². The van der Waals surface area contributed by atoms with Crippen LogP contribution in [-0.2, 0) is 37.0 Å². The van der Waals surface area contributed by atoms with Crippen LogP contribution < -0.4 is 10.2 Å². The number of aliphatic hydroxyl groups excluding tert-OH is 1. The van der Waals surface area contributed by atoms with E-state index >= 15 is 0 Å². The van der Waals surface area contributed by atoms with E-state index in [0.717, 1.165) is 40.2 Å². The van der Waals surface area contributed by atoms with Crippen LogP contribution >= 0.6 is 0 Å². The molecule has 4 fully saturated rings. The smallest absolute Gasteiger partial charge is 0.408 e. The van der Waals surface area contributed by atoms with Gasteiger partial charge < -0.3 is 24.6 Å². The lowest BCUT2D eigenvalue weighted by atomic mass is 9.65. The van der Waals surface area contributed by atoms with Crippen molar-refractivity contribution in [2.45, 2.75) is 96.7 Å². The number of alkyl carbamates (subject to hydrolysis) is 1.